The van der Waals surface area contributed by atoms with Crippen LogP contribution in [-0.4, -0.2) is 81.5 Å². The first-order chi connectivity index (χ1) is 18.0. The molecule has 4 heterocycles. The summed E-state index contributed by atoms with van der Waals surface area (Å²) in [5, 5.41) is 35.9. The molecule has 0 spiro atoms. The normalized spacial score (nSPS) is 18.0. The number of carbonyl (C=O) groups excluding carboxylic acids is 1. The van der Waals surface area contributed by atoms with E-state index in [0.717, 1.165) is 19.3 Å². The lowest BCUT2D eigenvalue weighted by Crippen LogP contribution is -2.62. The van der Waals surface area contributed by atoms with Gasteiger partial charge in [-0.3, -0.25) is 4.79 Å². The molecule has 5 N–H and O–H groups in total. The molecule has 0 atom stereocenters. The Balaban J connectivity index is 1.31. The number of H-pyrrole nitrogens is 1. The molecule has 2 fully saturated rings. The monoisotopic (exact) mass is 505 g/mol. The topological polar surface area (TPSA) is 169 Å². The van der Waals surface area contributed by atoms with Crippen molar-refractivity contribution in [2.24, 2.45) is 5.41 Å². The molecule has 6 rings (SSSR count). The van der Waals surface area contributed by atoms with Gasteiger partial charge in [0.05, 0.1) is 40.8 Å². The minimum absolute atomic E-state index is 0.188. The second kappa shape index (κ2) is 9.10. The molecule has 12 nitrogen and oxygen atoms in total. The first-order valence-corrected chi connectivity index (χ1v) is 12.3. The Morgan fingerprint density at radius 2 is 1.95 bits per heavy atom. The number of nitrogens with one attached hydrogen (secondary N) is 3. The molecule has 1 saturated heterocycles. The van der Waals surface area contributed by atoms with Crippen LogP contribution in [0.1, 0.15) is 35.2 Å². The molecular formula is C25H27N7O5. The number of anilines is 3. The van der Waals surface area contributed by atoms with Crippen molar-refractivity contribution in [2.75, 3.05) is 50.2 Å². The summed E-state index contributed by atoms with van der Waals surface area (Å²) >= 11 is 0. The smallest absolute Gasteiger partial charge is 0.257 e. The summed E-state index contributed by atoms with van der Waals surface area (Å²) in [5.74, 6) is 1.34. The minimum atomic E-state index is -0.668. The van der Waals surface area contributed by atoms with Gasteiger partial charge in [-0.05, 0) is 31.4 Å². The molecule has 1 amide bonds. The van der Waals surface area contributed by atoms with Crippen molar-refractivity contribution in [3.05, 3.63) is 29.5 Å². The van der Waals surface area contributed by atoms with Crippen LogP contribution in [0.15, 0.2) is 18.3 Å². The molecule has 0 bridgehead atoms. The highest BCUT2D eigenvalue weighted by atomic mass is 16.6. The molecule has 0 unspecified atom stereocenters. The number of nitrogens with zero attached hydrogens (tertiary/aromatic N) is 4. The van der Waals surface area contributed by atoms with Crippen LogP contribution in [0.3, 0.4) is 0 Å². The van der Waals surface area contributed by atoms with E-state index in [9.17, 15) is 20.3 Å². The van der Waals surface area contributed by atoms with E-state index in [-0.39, 0.29) is 32.2 Å². The summed E-state index contributed by atoms with van der Waals surface area (Å²) in [6, 6.07) is 5.86. The largest absolute Gasteiger partial charge is 0.485 e. The molecule has 0 radical (unpaired) electrons. The van der Waals surface area contributed by atoms with Gasteiger partial charge in [0.2, 0.25) is 5.95 Å². The summed E-state index contributed by atoms with van der Waals surface area (Å²) in [6.07, 6.45) is 4.86. The zero-order chi connectivity index (χ0) is 25.6. The average molecular weight is 506 g/mol. The Hall–Kier alpha value is -4.08. The highest BCUT2D eigenvalue weighted by Gasteiger charge is 2.45. The van der Waals surface area contributed by atoms with Gasteiger partial charge >= 0.3 is 0 Å². The molecule has 37 heavy (non-hydrogen) atoms. The Kier molecular flexibility index (Phi) is 5.73. The van der Waals surface area contributed by atoms with E-state index in [4.69, 9.17) is 9.47 Å². The lowest BCUT2D eigenvalue weighted by Gasteiger charge is -2.48. The van der Waals surface area contributed by atoms with Crippen LogP contribution < -0.4 is 20.1 Å². The first kappa shape index (κ1) is 23.3. The maximum absolute atomic E-state index is 13.2. The lowest BCUT2D eigenvalue weighted by molar-refractivity contribution is -0.0590. The molecular weight excluding hydrogens is 478 g/mol. The second-order valence-electron chi connectivity index (χ2n) is 9.82. The molecule has 3 aromatic rings. The SMILES string of the molecule is N#Cc1c[nH]c2nc(Nc3ccc(C(=O)N4CC(CO)(CO)C4)c4c3OCCO4)nc(NC3CCC3)c12. The Morgan fingerprint density at radius 3 is 2.62 bits per heavy atom. The number of aliphatic hydroxyl groups is 2. The van der Waals surface area contributed by atoms with Gasteiger partial charge in [-0.2, -0.15) is 15.2 Å². The highest BCUT2D eigenvalue weighted by Crippen LogP contribution is 2.43. The summed E-state index contributed by atoms with van der Waals surface area (Å²) < 4.78 is 11.8. The molecule has 192 valence electrons. The Bertz CT molecular complexity index is 1400. The van der Waals surface area contributed by atoms with Gasteiger partial charge in [-0.15, -0.1) is 0 Å². The molecule has 2 aromatic heterocycles. The van der Waals surface area contributed by atoms with Gasteiger partial charge in [-0.1, -0.05) is 0 Å². The molecule has 1 aromatic carbocycles. The lowest BCUT2D eigenvalue weighted by atomic mass is 9.81. The van der Waals surface area contributed by atoms with E-state index >= 15 is 0 Å². The van der Waals surface area contributed by atoms with Crippen LogP contribution in [0.5, 0.6) is 11.5 Å². The average Bonchev–Trinajstić information content (AvgIpc) is 3.29. The van der Waals surface area contributed by atoms with E-state index < -0.39 is 5.41 Å². The van der Waals surface area contributed by atoms with E-state index in [1.54, 1.807) is 23.2 Å². The van der Waals surface area contributed by atoms with Crippen molar-refractivity contribution in [3.63, 3.8) is 0 Å². The van der Waals surface area contributed by atoms with E-state index in [1.165, 1.54) is 0 Å². The maximum atomic E-state index is 13.2. The number of ether oxygens (including phenoxy) is 2. The maximum Gasteiger partial charge on any atom is 0.257 e. The number of carbonyl (C=O) groups is 1. The molecule has 12 heteroatoms. The standard InChI is InChI=1S/C25H27N7O5/c26-8-14-9-27-21-18(14)22(28-15-2-1-3-15)31-24(30-21)29-17-5-4-16(19-20(17)37-7-6-36-19)23(35)32-10-25(11-32,12-33)13-34/h4-5,9,15,33-34H,1-3,6-7,10-13H2,(H3,27,28,29,30,31). The van der Waals surface area contributed by atoms with Crippen molar-refractivity contribution in [2.45, 2.75) is 25.3 Å². The predicted molar refractivity (Wildman–Crippen MR) is 133 cm³/mol. The number of aromatic nitrogens is 3. The van der Waals surface area contributed by atoms with Gasteiger partial charge in [-0.25, -0.2) is 0 Å². The third kappa shape index (κ3) is 3.96. The number of hydrogen-bond donors (Lipinski definition) is 5. The van der Waals surface area contributed by atoms with Crippen LogP contribution in [0.25, 0.3) is 11.0 Å². The number of hydrogen-bond acceptors (Lipinski definition) is 10. The van der Waals surface area contributed by atoms with Crippen molar-refractivity contribution in [1.82, 2.24) is 19.9 Å². The summed E-state index contributed by atoms with van der Waals surface area (Å²) in [4.78, 5) is 27.0. The fraction of sp³-hybridized carbons (Fsp3) is 0.440. The summed E-state index contributed by atoms with van der Waals surface area (Å²) in [7, 11) is 0. The number of benzene rings is 1. The number of fused-ring (bicyclic) bond motifs is 2. The fourth-order valence-electron chi connectivity index (χ4n) is 4.88. The second-order valence-corrected chi connectivity index (χ2v) is 9.82. The molecule has 2 aliphatic heterocycles. The summed E-state index contributed by atoms with van der Waals surface area (Å²) in [6.45, 7) is 0.766. The Labute approximate surface area is 212 Å². The van der Waals surface area contributed by atoms with Crippen molar-refractivity contribution in [3.8, 4) is 17.6 Å². The van der Waals surface area contributed by atoms with Gasteiger partial charge < -0.3 is 40.2 Å². The number of amides is 1. The van der Waals surface area contributed by atoms with Crippen LogP contribution in [0.2, 0.25) is 0 Å². The van der Waals surface area contributed by atoms with Crippen LogP contribution in [0, 0.1) is 16.7 Å². The number of aromatic amines is 1. The number of rotatable bonds is 7. The Morgan fingerprint density at radius 1 is 1.19 bits per heavy atom. The van der Waals surface area contributed by atoms with E-state index in [0.29, 0.717) is 70.4 Å². The van der Waals surface area contributed by atoms with Crippen LogP contribution in [-0.2, 0) is 0 Å². The highest BCUT2D eigenvalue weighted by molar-refractivity contribution is 6.00. The van der Waals surface area contributed by atoms with Crippen molar-refractivity contribution < 1.29 is 24.5 Å². The van der Waals surface area contributed by atoms with Crippen LogP contribution >= 0.6 is 0 Å². The van der Waals surface area contributed by atoms with Gasteiger partial charge in [0.25, 0.3) is 5.91 Å². The number of likely N-dealkylation sites (tertiary alicyclic amines) is 1. The van der Waals surface area contributed by atoms with Crippen molar-refractivity contribution in [1.29, 1.82) is 5.26 Å². The molecule has 3 aliphatic rings. The zero-order valence-electron chi connectivity index (χ0n) is 20.1. The van der Waals surface area contributed by atoms with Crippen LogP contribution in [0.4, 0.5) is 17.5 Å². The first-order valence-electron chi connectivity index (χ1n) is 12.3. The van der Waals surface area contributed by atoms with Gasteiger partial charge in [0.15, 0.2) is 11.5 Å². The number of nitriles is 1. The van der Waals surface area contributed by atoms with E-state index in [1.807, 2.05) is 0 Å². The van der Waals surface area contributed by atoms with Gasteiger partial charge in [0.1, 0.15) is 30.7 Å². The fourth-order valence-corrected chi connectivity index (χ4v) is 4.88. The third-order valence-electron chi connectivity index (χ3n) is 7.27. The molecule has 1 saturated carbocycles. The molecule has 1 aliphatic carbocycles. The quantitative estimate of drug-likeness (QED) is 0.319. The van der Waals surface area contributed by atoms with E-state index in [2.05, 4.69) is 31.7 Å². The number of aliphatic hydroxyl groups excluding tert-OH is 2. The minimum Gasteiger partial charge on any atom is -0.485 e. The van der Waals surface area contributed by atoms with Gasteiger partial charge in [0, 0.05) is 25.3 Å². The third-order valence-corrected chi connectivity index (χ3v) is 7.27. The zero-order valence-corrected chi connectivity index (χ0v) is 20.1. The van der Waals surface area contributed by atoms with Crippen molar-refractivity contribution >= 4 is 34.4 Å². The summed E-state index contributed by atoms with van der Waals surface area (Å²) in [5.41, 5.74) is 1.21. The predicted octanol–water partition coefficient (Wildman–Crippen LogP) is 1.74.